The molecule has 27 heavy (non-hydrogen) atoms. The van der Waals surface area contributed by atoms with Gasteiger partial charge in [-0.05, 0) is 50.5 Å². The second-order valence-electron chi connectivity index (χ2n) is 8.08. The average molecular weight is 355 g/mol. The smallest absolute Gasteiger partial charge is 0.0998 e. The van der Waals surface area contributed by atoms with E-state index in [0.29, 0.717) is 0 Å². The molecule has 0 unspecified atom stereocenters. The number of allylic oxidation sites excluding steroid dienone is 5. The van der Waals surface area contributed by atoms with Crippen molar-refractivity contribution < 1.29 is 0 Å². The molecule has 2 aromatic rings. The predicted molar refractivity (Wildman–Crippen MR) is 117 cm³/mol. The summed E-state index contributed by atoms with van der Waals surface area (Å²) < 4.78 is 0. The van der Waals surface area contributed by atoms with Gasteiger partial charge in [0.05, 0.1) is 5.57 Å². The van der Waals surface area contributed by atoms with E-state index in [0.717, 1.165) is 13.0 Å². The molecule has 1 heteroatoms. The molecule has 2 aromatic carbocycles. The molecule has 0 atom stereocenters. The van der Waals surface area contributed by atoms with Crippen LogP contribution < -0.4 is 4.90 Å². The fourth-order valence-electron chi connectivity index (χ4n) is 4.34. The van der Waals surface area contributed by atoms with Crippen LogP contribution in [0.15, 0.2) is 84.5 Å². The van der Waals surface area contributed by atoms with Crippen molar-refractivity contribution in [1.82, 2.24) is 0 Å². The summed E-state index contributed by atoms with van der Waals surface area (Å²) in [6, 6.07) is 19.8. The number of para-hydroxylation sites is 1. The third kappa shape index (κ3) is 3.73. The summed E-state index contributed by atoms with van der Waals surface area (Å²) in [6.07, 6.45) is 14.3. The molecule has 0 radical (unpaired) electrons. The van der Waals surface area contributed by atoms with Crippen LogP contribution in [-0.2, 0) is 6.42 Å². The first-order valence-electron chi connectivity index (χ1n) is 9.97. The molecule has 136 valence electrons. The zero-order valence-corrected chi connectivity index (χ0v) is 16.4. The Hall–Kier alpha value is -2.67. The van der Waals surface area contributed by atoms with Crippen LogP contribution in [0.4, 0.5) is 5.69 Å². The van der Waals surface area contributed by atoms with Gasteiger partial charge in [0.2, 0.25) is 0 Å². The van der Waals surface area contributed by atoms with Gasteiger partial charge in [-0.3, -0.25) is 0 Å². The largest absolute Gasteiger partial charge is 0.365 e. The van der Waals surface area contributed by atoms with Gasteiger partial charge in [0, 0.05) is 66.1 Å². The van der Waals surface area contributed by atoms with Gasteiger partial charge in [0.25, 0.3) is 0 Å². The van der Waals surface area contributed by atoms with E-state index in [-0.39, 0.29) is 5.54 Å². The minimum Gasteiger partial charge on any atom is -0.365 e. The van der Waals surface area contributed by atoms with Gasteiger partial charge in [-0.25, -0.2) is 0 Å². The summed E-state index contributed by atoms with van der Waals surface area (Å²) in [4.78, 5) is 2.62. The van der Waals surface area contributed by atoms with Gasteiger partial charge in [-0.1, -0.05) is 36.4 Å². The maximum absolute atomic E-state index is 2.62. The molecular weight excluding hydrogens is 326 g/mol. The number of benzene rings is 2. The highest BCUT2D eigenvalue weighted by atomic mass is 15.2. The monoisotopic (exact) mass is 354 g/mol. The van der Waals surface area contributed by atoms with Crippen molar-refractivity contribution in [2.75, 3.05) is 11.4 Å². The number of fused-ring (bicyclic) bond motifs is 1. The van der Waals surface area contributed by atoms with Crippen LogP contribution in [0.1, 0.15) is 37.8 Å². The minimum absolute atomic E-state index is 0.0392. The van der Waals surface area contributed by atoms with Gasteiger partial charge >= 0.3 is 0 Å². The van der Waals surface area contributed by atoms with E-state index in [1.807, 2.05) is 0 Å². The highest BCUT2D eigenvalue weighted by Crippen LogP contribution is 2.39. The van der Waals surface area contributed by atoms with E-state index in [2.05, 4.69) is 104 Å². The molecule has 1 heterocycles. The normalized spacial score (nSPS) is 18.1. The molecule has 1 nitrogen and oxygen atoms in total. The summed E-state index contributed by atoms with van der Waals surface area (Å²) >= 11 is 0. The number of hydrogen-bond donors (Lipinski definition) is 0. The molecule has 0 spiro atoms. The van der Waals surface area contributed by atoms with E-state index >= 15 is 0 Å². The summed E-state index contributed by atoms with van der Waals surface area (Å²) in [5.41, 5.74) is 7.00. The Balaban J connectivity index is 1.71. The molecular formula is C26H28N+. The van der Waals surface area contributed by atoms with E-state index < -0.39 is 0 Å². The average Bonchev–Trinajstić information content (AvgIpc) is 2.73. The van der Waals surface area contributed by atoms with E-state index in [1.54, 1.807) is 0 Å². The number of rotatable bonds is 4. The summed E-state index contributed by atoms with van der Waals surface area (Å²) in [5, 5.41) is 0. The lowest BCUT2D eigenvalue weighted by Gasteiger charge is -2.44. The first-order valence-corrected chi connectivity index (χ1v) is 9.97. The van der Waals surface area contributed by atoms with E-state index in [9.17, 15) is 0 Å². The van der Waals surface area contributed by atoms with Crippen molar-refractivity contribution >= 4 is 11.3 Å². The lowest BCUT2D eigenvalue weighted by atomic mass is 9.83. The summed E-state index contributed by atoms with van der Waals surface area (Å²) in [5.74, 6) is 0. The van der Waals surface area contributed by atoms with Crippen LogP contribution in [0.2, 0.25) is 0 Å². The Morgan fingerprint density at radius 2 is 1.78 bits per heavy atom. The van der Waals surface area contributed by atoms with Gasteiger partial charge in [0.15, 0.2) is 0 Å². The molecule has 0 N–H and O–H groups in total. The molecule has 0 bridgehead atoms. The lowest BCUT2D eigenvalue weighted by molar-refractivity contribution is 0.453. The van der Waals surface area contributed by atoms with Crippen LogP contribution in [-0.4, -0.2) is 12.1 Å². The first-order chi connectivity index (χ1) is 13.1. The Kier molecular flexibility index (Phi) is 4.94. The minimum atomic E-state index is 0.0392. The Bertz CT molecular complexity index is 883. The highest BCUT2D eigenvalue weighted by molar-refractivity contribution is 5.75. The fraction of sp³-hybridized carbons (Fsp3) is 0.269. The molecule has 0 saturated carbocycles. The third-order valence-corrected chi connectivity index (χ3v) is 5.69. The first kappa shape index (κ1) is 17.7. The molecule has 0 aromatic heterocycles. The molecule has 2 aliphatic rings. The second-order valence-corrected chi connectivity index (χ2v) is 8.08. The standard InChI is InChI=1S/C26H28N/c1-26(2,27-19-11-17-23-16-9-10-18-25(23)27)20-24(21-12-5-3-6-13-21)22-14-7-4-8-15-22/h3-10,12-16,18H,11,17,19-20H2,1-2H3/q+1. The Labute approximate surface area is 163 Å². The maximum Gasteiger partial charge on any atom is 0.0998 e. The predicted octanol–water partition coefficient (Wildman–Crippen LogP) is 6.39. The topological polar surface area (TPSA) is 3.24 Å². The van der Waals surface area contributed by atoms with Gasteiger partial charge in [-0.2, -0.15) is 0 Å². The van der Waals surface area contributed by atoms with Crippen LogP contribution >= 0.6 is 0 Å². The quantitative estimate of drug-likeness (QED) is 0.575. The molecule has 0 fully saturated rings. The highest BCUT2D eigenvalue weighted by Gasteiger charge is 2.33. The molecule has 1 aliphatic carbocycles. The van der Waals surface area contributed by atoms with Gasteiger partial charge in [-0.15, -0.1) is 0 Å². The number of aryl methyl sites for hydroxylation is 1. The number of hydrogen-bond acceptors (Lipinski definition) is 1. The van der Waals surface area contributed by atoms with Crippen molar-refractivity contribution in [2.24, 2.45) is 0 Å². The van der Waals surface area contributed by atoms with Crippen LogP contribution in [0.25, 0.3) is 5.57 Å². The zero-order chi connectivity index (χ0) is 18.7. The van der Waals surface area contributed by atoms with E-state index in [4.69, 9.17) is 0 Å². The molecule has 0 saturated heterocycles. The molecule has 0 amide bonds. The van der Waals surface area contributed by atoms with Gasteiger partial charge in [0.1, 0.15) is 0 Å². The Morgan fingerprint density at radius 3 is 2.56 bits per heavy atom. The number of nitrogens with zero attached hydrogens (tertiary/aromatic N) is 1. The van der Waals surface area contributed by atoms with Crippen molar-refractivity contribution in [2.45, 2.75) is 38.6 Å². The Morgan fingerprint density at radius 1 is 1.00 bits per heavy atom. The van der Waals surface area contributed by atoms with Crippen molar-refractivity contribution in [1.29, 1.82) is 0 Å². The lowest BCUT2D eigenvalue weighted by Crippen LogP contribution is -2.47. The molecule has 4 rings (SSSR count). The third-order valence-electron chi connectivity index (χ3n) is 5.69. The SMILES string of the molecule is CC(C)(C/C(=C1\C=CC=C[CH+]1)c1ccccc1)N1CCCc2ccccc21. The van der Waals surface area contributed by atoms with Crippen LogP contribution in [0, 0.1) is 6.42 Å². The summed E-state index contributed by atoms with van der Waals surface area (Å²) in [7, 11) is 0. The molecule has 1 aliphatic heterocycles. The van der Waals surface area contributed by atoms with Crippen molar-refractivity contribution in [3.8, 4) is 0 Å². The van der Waals surface area contributed by atoms with Crippen LogP contribution in [0.5, 0.6) is 0 Å². The second kappa shape index (κ2) is 7.52. The number of anilines is 1. The van der Waals surface area contributed by atoms with Crippen molar-refractivity contribution in [3.63, 3.8) is 0 Å². The maximum atomic E-state index is 2.62. The zero-order valence-electron chi connectivity index (χ0n) is 16.4. The summed E-state index contributed by atoms with van der Waals surface area (Å²) in [6.45, 7) is 5.91. The van der Waals surface area contributed by atoms with Crippen molar-refractivity contribution in [3.05, 3.63) is 102 Å². The fourth-order valence-corrected chi connectivity index (χ4v) is 4.34. The van der Waals surface area contributed by atoms with E-state index in [1.165, 1.54) is 40.8 Å². The van der Waals surface area contributed by atoms with Gasteiger partial charge < -0.3 is 4.90 Å². The van der Waals surface area contributed by atoms with Crippen LogP contribution in [0.3, 0.4) is 0 Å².